The lowest BCUT2D eigenvalue weighted by molar-refractivity contribution is -0.260. The van der Waals surface area contributed by atoms with Crippen molar-refractivity contribution in [2.45, 2.75) is 44.4 Å². The molecule has 3 heterocycles. The highest BCUT2D eigenvalue weighted by Gasteiger charge is 2.40. The number of hydrogen-bond acceptors (Lipinski definition) is 9. The Kier molecular flexibility index (Phi) is 9.38. The van der Waals surface area contributed by atoms with Crippen LogP contribution < -0.4 is 20.7 Å². The Hall–Kier alpha value is -3.97. The molecule has 0 saturated carbocycles. The van der Waals surface area contributed by atoms with Gasteiger partial charge in [-0.05, 0) is 43.9 Å². The van der Waals surface area contributed by atoms with Crippen LogP contribution in [0, 0.1) is 5.92 Å². The smallest absolute Gasteiger partial charge is 0.366 e. The maximum absolute atomic E-state index is 13.1. The number of aromatic amines is 1. The third-order valence-electron chi connectivity index (χ3n) is 6.90. The zero-order chi connectivity index (χ0) is 28.7. The van der Waals surface area contributed by atoms with Gasteiger partial charge in [0, 0.05) is 30.3 Å². The molecule has 0 unspecified atom stereocenters. The van der Waals surface area contributed by atoms with Gasteiger partial charge in [0.25, 0.3) is 11.7 Å². The van der Waals surface area contributed by atoms with E-state index in [1.165, 1.54) is 14.0 Å². The van der Waals surface area contributed by atoms with E-state index < -0.39 is 54.5 Å². The maximum atomic E-state index is 13.1. The van der Waals surface area contributed by atoms with Crippen LogP contribution in [0.25, 0.3) is 10.9 Å². The number of Topliss-reactive ketones (excluding diaryl/α,β-unsaturated/α-hetero) is 1. The predicted octanol–water partition coefficient (Wildman–Crippen LogP) is 0.573. The molecule has 216 valence electrons. The lowest BCUT2D eigenvalue weighted by Crippen LogP contribution is -2.50. The minimum Gasteiger partial charge on any atom is -0.496 e. The summed E-state index contributed by atoms with van der Waals surface area (Å²) in [5.74, 6) is -4.37. The molecule has 2 saturated heterocycles. The maximum Gasteiger partial charge on any atom is 0.366 e. The molecule has 0 bridgehead atoms. The lowest BCUT2D eigenvalue weighted by Gasteiger charge is -2.31. The first kappa shape index (κ1) is 29.0. The monoisotopic (exact) mass is 558 g/mol. The van der Waals surface area contributed by atoms with Crippen molar-refractivity contribution >= 4 is 40.4 Å². The van der Waals surface area contributed by atoms with E-state index >= 15 is 0 Å². The second kappa shape index (κ2) is 12.9. The van der Waals surface area contributed by atoms with Crippen LogP contribution in [-0.2, 0) is 33.4 Å². The zero-order valence-electron chi connectivity index (χ0n) is 22.5. The van der Waals surface area contributed by atoms with Crippen LogP contribution in [-0.4, -0.2) is 86.3 Å². The average Bonchev–Trinajstić information content (AvgIpc) is 3.40. The topological polar surface area (TPSA) is 174 Å². The second-order valence-electron chi connectivity index (χ2n) is 9.81. The van der Waals surface area contributed by atoms with Crippen LogP contribution in [0.1, 0.15) is 43.1 Å². The van der Waals surface area contributed by atoms with E-state index in [4.69, 9.17) is 18.9 Å². The minimum atomic E-state index is -1.61. The van der Waals surface area contributed by atoms with E-state index in [-0.39, 0.29) is 18.0 Å². The van der Waals surface area contributed by atoms with Crippen molar-refractivity contribution in [2.75, 3.05) is 40.0 Å². The van der Waals surface area contributed by atoms with Gasteiger partial charge in [0.15, 0.2) is 12.4 Å². The summed E-state index contributed by atoms with van der Waals surface area (Å²) in [6.45, 7) is 1.51. The number of rotatable bonds is 11. The van der Waals surface area contributed by atoms with E-state index in [0.29, 0.717) is 49.3 Å². The molecule has 0 spiro atoms. The first-order valence-corrected chi connectivity index (χ1v) is 13.2. The van der Waals surface area contributed by atoms with E-state index in [9.17, 15) is 24.0 Å². The molecule has 0 radical (unpaired) electrons. The Morgan fingerprint density at radius 1 is 1.18 bits per heavy atom. The van der Waals surface area contributed by atoms with Gasteiger partial charge in [0.05, 0.1) is 32.9 Å². The quantitative estimate of drug-likeness (QED) is 0.288. The Morgan fingerprint density at radius 3 is 2.67 bits per heavy atom. The summed E-state index contributed by atoms with van der Waals surface area (Å²) < 4.78 is 21.2. The molecule has 2 aromatic rings. The molecular weight excluding hydrogens is 524 g/mol. The number of H-pyrrole nitrogens is 1. The number of amides is 3. The molecule has 13 heteroatoms. The van der Waals surface area contributed by atoms with Gasteiger partial charge in [-0.25, -0.2) is 4.79 Å². The number of ether oxygens (including phenoxy) is 4. The van der Waals surface area contributed by atoms with Crippen molar-refractivity contribution in [3.63, 3.8) is 0 Å². The largest absolute Gasteiger partial charge is 0.496 e. The van der Waals surface area contributed by atoms with E-state index in [2.05, 4.69) is 20.9 Å². The van der Waals surface area contributed by atoms with Crippen LogP contribution in [0.2, 0.25) is 0 Å². The van der Waals surface area contributed by atoms with Gasteiger partial charge in [0.1, 0.15) is 11.4 Å². The van der Waals surface area contributed by atoms with E-state index in [1.807, 2.05) is 0 Å². The number of carbonyl (C=O) groups is 5. The molecule has 2 atom stereocenters. The second-order valence-corrected chi connectivity index (χ2v) is 9.81. The summed E-state index contributed by atoms with van der Waals surface area (Å²) in [5, 5.41) is 8.57. The van der Waals surface area contributed by atoms with Crippen molar-refractivity contribution in [3.05, 3.63) is 30.0 Å². The number of esters is 1. The van der Waals surface area contributed by atoms with Crippen molar-refractivity contribution in [1.82, 2.24) is 20.9 Å². The van der Waals surface area contributed by atoms with Crippen molar-refractivity contribution in [1.29, 1.82) is 0 Å². The molecule has 2 aliphatic rings. The van der Waals surface area contributed by atoms with Gasteiger partial charge in [0.2, 0.25) is 11.8 Å². The summed E-state index contributed by atoms with van der Waals surface area (Å²) in [6, 6.07) is 5.83. The van der Waals surface area contributed by atoms with E-state index in [1.54, 1.807) is 24.3 Å². The highest BCUT2D eigenvalue weighted by atomic mass is 16.7. The Labute approximate surface area is 230 Å². The summed E-state index contributed by atoms with van der Waals surface area (Å²) in [5.41, 5.74) is 0.921. The SMILES string of the molecule is COc1cccc2[nH]c(C(=O)NCC(=O)N[C@@H](C[C@@H]3CCCNC3=O)C(=O)COC(=O)C3(C)OCCCO3)cc12. The Balaban J connectivity index is 1.36. The number of aromatic nitrogens is 1. The molecule has 0 aliphatic carbocycles. The first-order valence-electron chi connectivity index (χ1n) is 13.2. The number of fused-ring (bicyclic) bond motifs is 1. The summed E-state index contributed by atoms with van der Waals surface area (Å²) in [4.78, 5) is 66.3. The fraction of sp³-hybridized carbons (Fsp3) is 0.519. The Morgan fingerprint density at radius 2 is 1.95 bits per heavy atom. The van der Waals surface area contributed by atoms with E-state index in [0.717, 1.165) is 6.42 Å². The molecule has 3 amide bonds. The molecular formula is C27H34N4O9. The first-order chi connectivity index (χ1) is 19.2. The standard InChI is InChI=1S/C27H34N4O9/c1-27(39-10-5-11-40-27)26(36)38-15-21(32)19(12-16-6-4-9-28-24(16)34)31-23(33)14-29-25(35)20-13-17-18(30-20)7-3-8-22(17)37-2/h3,7-8,13,16,19,30H,4-6,9-12,14-15H2,1-2H3,(H,28,34)(H,29,35)(H,31,33)/t16-,19-/m0/s1. The number of benzene rings is 1. The molecule has 40 heavy (non-hydrogen) atoms. The highest BCUT2D eigenvalue weighted by molar-refractivity contribution is 6.01. The molecule has 2 aliphatic heterocycles. The summed E-state index contributed by atoms with van der Waals surface area (Å²) in [6.07, 6.45) is 1.93. The fourth-order valence-corrected chi connectivity index (χ4v) is 4.67. The van der Waals surface area contributed by atoms with Crippen molar-refractivity contribution in [3.8, 4) is 5.75 Å². The fourth-order valence-electron chi connectivity index (χ4n) is 4.67. The summed E-state index contributed by atoms with van der Waals surface area (Å²) >= 11 is 0. The third-order valence-corrected chi connectivity index (χ3v) is 6.90. The van der Waals surface area contributed by atoms with Crippen LogP contribution in [0.15, 0.2) is 24.3 Å². The number of piperidine rings is 1. The van der Waals surface area contributed by atoms with Gasteiger partial charge in [-0.2, -0.15) is 0 Å². The highest BCUT2D eigenvalue weighted by Crippen LogP contribution is 2.26. The van der Waals surface area contributed by atoms with Gasteiger partial charge in [-0.3, -0.25) is 19.2 Å². The van der Waals surface area contributed by atoms with Crippen LogP contribution in [0.4, 0.5) is 0 Å². The minimum absolute atomic E-state index is 0.0218. The van der Waals surface area contributed by atoms with Gasteiger partial charge in [-0.1, -0.05) is 6.07 Å². The van der Waals surface area contributed by atoms with Crippen LogP contribution in [0.3, 0.4) is 0 Å². The lowest BCUT2D eigenvalue weighted by atomic mass is 9.90. The number of methoxy groups -OCH3 is 1. The number of carbonyl (C=O) groups excluding carboxylic acids is 5. The Bertz CT molecular complexity index is 1270. The predicted molar refractivity (Wildman–Crippen MR) is 140 cm³/mol. The van der Waals surface area contributed by atoms with Crippen molar-refractivity contribution in [2.24, 2.45) is 5.92 Å². The molecule has 4 rings (SSSR count). The number of hydrogen-bond donors (Lipinski definition) is 4. The normalized spacial score (nSPS) is 19.2. The molecule has 2 fully saturated rings. The van der Waals surface area contributed by atoms with Crippen molar-refractivity contribution < 1.29 is 42.9 Å². The van der Waals surface area contributed by atoms with Crippen LogP contribution in [0.5, 0.6) is 5.75 Å². The molecule has 1 aromatic carbocycles. The third kappa shape index (κ3) is 6.96. The van der Waals surface area contributed by atoms with Crippen LogP contribution >= 0.6 is 0 Å². The zero-order valence-corrected chi connectivity index (χ0v) is 22.5. The molecule has 1 aromatic heterocycles. The van der Waals surface area contributed by atoms with Gasteiger partial charge >= 0.3 is 5.97 Å². The average molecular weight is 559 g/mol. The number of nitrogens with one attached hydrogen (secondary N) is 4. The number of ketones is 1. The summed E-state index contributed by atoms with van der Waals surface area (Å²) in [7, 11) is 1.53. The molecule has 13 nitrogen and oxygen atoms in total. The van der Waals surface area contributed by atoms with Gasteiger partial charge < -0.3 is 39.9 Å². The van der Waals surface area contributed by atoms with Gasteiger partial charge in [-0.15, -0.1) is 0 Å². The molecule has 4 N–H and O–H groups in total.